The van der Waals surface area contributed by atoms with Gasteiger partial charge in [0, 0.05) is 23.9 Å². The van der Waals surface area contributed by atoms with Gasteiger partial charge in [-0.2, -0.15) is 0 Å². The number of carbonyl (C=O) groups is 1. The average Bonchev–Trinajstić information content (AvgIpc) is 2.98. The lowest BCUT2D eigenvalue weighted by molar-refractivity contribution is 0.102. The largest absolute Gasteiger partial charge is 0.397 e. The van der Waals surface area contributed by atoms with Gasteiger partial charge in [-0.1, -0.05) is 6.07 Å². The summed E-state index contributed by atoms with van der Waals surface area (Å²) in [6, 6.07) is 4.23. The van der Waals surface area contributed by atoms with Gasteiger partial charge in [0.1, 0.15) is 0 Å². The summed E-state index contributed by atoms with van der Waals surface area (Å²) in [7, 11) is 0. The molecule has 0 unspecified atom stereocenters. The van der Waals surface area contributed by atoms with E-state index in [-0.39, 0.29) is 5.78 Å². The third-order valence-corrected chi connectivity index (χ3v) is 5.74. The molecule has 106 valence electrons. The van der Waals surface area contributed by atoms with E-state index < -0.39 is 0 Å². The van der Waals surface area contributed by atoms with Crippen molar-refractivity contribution in [3.63, 3.8) is 0 Å². The maximum absolute atomic E-state index is 11.6. The first-order chi connectivity index (χ1) is 9.66. The van der Waals surface area contributed by atoms with Gasteiger partial charge >= 0.3 is 0 Å². The highest BCUT2D eigenvalue weighted by Crippen LogP contribution is 2.50. The molecule has 3 nitrogen and oxygen atoms in total. The summed E-state index contributed by atoms with van der Waals surface area (Å²) in [6.45, 7) is 2.48. The molecule has 1 fully saturated rings. The van der Waals surface area contributed by atoms with Crippen molar-refractivity contribution in [2.45, 2.75) is 32.1 Å². The zero-order chi connectivity index (χ0) is 14.1. The molecule has 3 N–H and O–H groups in total. The predicted octanol–water partition coefficient (Wildman–Crippen LogP) is 4.13. The molecule has 2 heterocycles. The Morgan fingerprint density at radius 3 is 2.90 bits per heavy atom. The van der Waals surface area contributed by atoms with Gasteiger partial charge in [0.25, 0.3) is 0 Å². The van der Waals surface area contributed by atoms with Crippen LogP contribution >= 0.6 is 22.7 Å². The second-order valence-corrected chi connectivity index (χ2v) is 7.23. The molecule has 1 saturated carbocycles. The molecule has 0 atom stereocenters. The van der Waals surface area contributed by atoms with Crippen LogP contribution in [0.4, 0.5) is 10.7 Å². The number of thiophene rings is 2. The van der Waals surface area contributed by atoms with Crippen LogP contribution in [0.25, 0.3) is 0 Å². The van der Waals surface area contributed by atoms with E-state index in [4.69, 9.17) is 5.73 Å². The van der Waals surface area contributed by atoms with Gasteiger partial charge < -0.3 is 11.1 Å². The quantitative estimate of drug-likeness (QED) is 0.789. The Hall–Kier alpha value is -1.33. The van der Waals surface area contributed by atoms with E-state index in [0.29, 0.717) is 16.5 Å². The van der Waals surface area contributed by atoms with E-state index in [9.17, 15) is 4.79 Å². The van der Waals surface area contributed by atoms with Gasteiger partial charge in [-0.3, -0.25) is 4.79 Å². The van der Waals surface area contributed by atoms with E-state index in [1.54, 1.807) is 18.3 Å². The molecular weight excluding hydrogens is 288 g/mol. The summed E-state index contributed by atoms with van der Waals surface area (Å²) in [5.41, 5.74) is 8.06. The lowest BCUT2D eigenvalue weighted by Crippen LogP contribution is -2.04. The number of nitrogens with one attached hydrogen (secondary N) is 1. The summed E-state index contributed by atoms with van der Waals surface area (Å²) in [6.07, 6.45) is 3.39. The smallest absolute Gasteiger partial charge is 0.171 e. The first-order valence-electron chi connectivity index (χ1n) is 6.86. The van der Waals surface area contributed by atoms with Crippen LogP contribution in [-0.2, 0) is 6.42 Å². The topological polar surface area (TPSA) is 55.1 Å². The summed E-state index contributed by atoms with van der Waals surface area (Å²) >= 11 is 3.30. The van der Waals surface area contributed by atoms with E-state index >= 15 is 0 Å². The molecule has 0 saturated heterocycles. The van der Waals surface area contributed by atoms with Gasteiger partial charge in [0.05, 0.1) is 15.6 Å². The predicted molar refractivity (Wildman–Crippen MR) is 87.2 cm³/mol. The highest BCUT2D eigenvalue weighted by molar-refractivity contribution is 7.18. The van der Waals surface area contributed by atoms with Gasteiger partial charge in [-0.05, 0) is 36.6 Å². The molecule has 0 spiro atoms. The zero-order valence-corrected chi connectivity index (χ0v) is 13.1. The highest BCUT2D eigenvalue weighted by atomic mass is 32.1. The summed E-state index contributed by atoms with van der Waals surface area (Å²) in [4.78, 5) is 13.7. The molecule has 5 heteroatoms. The van der Waals surface area contributed by atoms with Crippen LogP contribution in [0, 0.1) is 0 Å². The molecule has 20 heavy (non-hydrogen) atoms. The van der Waals surface area contributed by atoms with Gasteiger partial charge in [-0.15, -0.1) is 22.7 Å². The molecule has 0 aromatic carbocycles. The molecule has 0 aliphatic heterocycles. The second kappa shape index (κ2) is 5.58. The van der Waals surface area contributed by atoms with E-state index in [2.05, 4.69) is 22.8 Å². The van der Waals surface area contributed by atoms with Crippen LogP contribution in [-0.4, -0.2) is 12.3 Å². The monoisotopic (exact) mass is 306 g/mol. The first kappa shape index (κ1) is 13.6. The summed E-state index contributed by atoms with van der Waals surface area (Å²) in [5, 5.41) is 6.68. The minimum absolute atomic E-state index is 0.0701. The third kappa shape index (κ3) is 2.74. The Morgan fingerprint density at radius 2 is 2.30 bits per heavy atom. The van der Waals surface area contributed by atoms with E-state index in [1.807, 2.05) is 0 Å². The second-order valence-electron chi connectivity index (χ2n) is 5.17. The van der Waals surface area contributed by atoms with Crippen LogP contribution in [0.15, 0.2) is 17.5 Å². The standard InChI is InChI=1S/C15H18N2OS2/c1-9(18)14-13(16)12(10-4-5-10)15(20-14)17-7-6-11-3-2-8-19-11/h2-3,8,10,17H,4-7,16H2,1H3. The van der Waals surface area contributed by atoms with Crippen molar-refractivity contribution in [3.8, 4) is 0 Å². The van der Waals surface area contributed by atoms with Crippen LogP contribution < -0.4 is 11.1 Å². The molecule has 2 aromatic rings. The van der Waals surface area contributed by atoms with Crippen molar-refractivity contribution in [1.29, 1.82) is 0 Å². The molecule has 3 rings (SSSR count). The Balaban J connectivity index is 1.74. The maximum Gasteiger partial charge on any atom is 0.171 e. The van der Waals surface area contributed by atoms with Crippen LogP contribution in [0.2, 0.25) is 0 Å². The van der Waals surface area contributed by atoms with Gasteiger partial charge in [-0.25, -0.2) is 0 Å². The number of nitrogen functional groups attached to an aromatic ring is 1. The number of anilines is 2. The fraction of sp³-hybridized carbons (Fsp3) is 0.400. The molecule has 0 bridgehead atoms. The number of Topliss-reactive ketones (excluding diaryl/α,β-unsaturated/α-hetero) is 1. The molecule has 0 amide bonds. The van der Waals surface area contributed by atoms with Crippen molar-refractivity contribution in [1.82, 2.24) is 0 Å². The fourth-order valence-corrected chi connectivity index (χ4v) is 4.22. The first-order valence-corrected chi connectivity index (χ1v) is 8.55. The lowest BCUT2D eigenvalue weighted by Gasteiger charge is -2.06. The van der Waals surface area contributed by atoms with Crippen LogP contribution in [0.3, 0.4) is 0 Å². The molecule has 1 aliphatic carbocycles. The van der Waals surface area contributed by atoms with Crippen molar-refractivity contribution in [3.05, 3.63) is 32.8 Å². The average molecular weight is 306 g/mol. The maximum atomic E-state index is 11.6. The SMILES string of the molecule is CC(=O)c1sc(NCCc2cccs2)c(C2CC2)c1N. The van der Waals surface area contributed by atoms with Gasteiger partial charge in [0.2, 0.25) is 0 Å². The minimum Gasteiger partial charge on any atom is -0.397 e. The number of nitrogens with two attached hydrogens (primary N) is 1. The lowest BCUT2D eigenvalue weighted by atomic mass is 10.1. The molecule has 0 radical (unpaired) electrons. The van der Waals surface area contributed by atoms with Crippen molar-refractivity contribution >= 4 is 39.1 Å². The Morgan fingerprint density at radius 1 is 1.50 bits per heavy atom. The Bertz CT molecular complexity index is 612. The van der Waals surface area contributed by atoms with Crippen molar-refractivity contribution in [2.24, 2.45) is 0 Å². The van der Waals surface area contributed by atoms with Gasteiger partial charge in [0.15, 0.2) is 5.78 Å². The number of carbonyl (C=O) groups excluding carboxylic acids is 1. The third-order valence-electron chi connectivity index (χ3n) is 3.53. The normalized spacial score (nSPS) is 14.4. The number of hydrogen-bond donors (Lipinski definition) is 2. The number of hydrogen-bond acceptors (Lipinski definition) is 5. The molecule has 2 aromatic heterocycles. The van der Waals surface area contributed by atoms with Crippen molar-refractivity contribution < 1.29 is 4.79 Å². The molecular formula is C15H18N2OS2. The fourth-order valence-electron chi connectivity index (χ4n) is 2.38. The number of rotatable bonds is 6. The van der Waals surface area contributed by atoms with E-state index in [0.717, 1.165) is 18.0 Å². The highest BCUT2D eigenvalue weighted by Gasteiger charge is 2.32. The zero-order valence-electron chi connectivity index (χ0n) is 11.4. The Labute approximate surface area is 126 Å². The Kier molecular flexibility index (Phi) is 3.81. The minimum atomic E-state index is 0.0701. The van der Waals surface area contributed by atoms with Crippen molar-refractivity contribution in [2.75, 3.05) is 17.6 Å². The van der Waals surface area contributed by atoms with E-state index in [1.165, 1.54) is 34.6 Å². The summed E-state index contributed by atoms with van der Waals surface area (Å²) in [5.74, 6) is 0.629. The van der Waals surface area contributed by atoms with Crippen LogP contribution in [0.1, 0.15) is 45.8 Å². The summed E-state index contributed by atoms with van der Waals surface area (Å²) < 4.78 is 0. The molecule has 1 aliphatic rings. The number of ketones is 1. The van der Waals surface area contributed by atoms with Crippen LogP contribution in [0.5, 0.6) is 0 Å².